The number of rotatable bonds is 6. The quantitative estimate of drug-likeness (QED) is 0.333. The van der Waals surface area contributed by atoms with Crippen molar-refractivity contribution >= 4 is 35.8 Å². The highest BCUT2D eigenvalue weighted by Crippen LogP contribution is 2.17. The number of benzene rings is 1. The molecule has 0 aliphatic carbocycles. The zero-order valence-corrected chi connectivity index (χ0v) is 21.2. The first-order chi connectivity index (χ1) is 14.5. The molecule has 1 unspecified atom stereocenters. The number of pyridine rings is 1. The van der Waals surface area contributed by atoms with Crippen LogP contribution in [0.1, 0.15) is 36.6 Å². The summed E-state index contributed by atoms with van der Waals surface area (Å²) in [7, 11) is 2.15. The summed E-state index contributed by atoms with van der Waals surface area (Å²) in [6, 6.07) is 9.44. The fourth-order valence-electron chi connectivity index (χ4n) is 3.39. The maximum atomic E-state index is 13.9. The third kappa shape index (κ3) is 7.31. The molecule has 6 nitrogen and oxygen atoms in total. The topological polar surface area (TPSA) is 55.8 Å². The first-order valence-corrected chi connectivity index (χ1v) is 10.7. The molecule has 2 N–H and O–H groups in total. The molecule has 0 bridgehead atoms. The number of anilines is 1. The van der Waals surface area contributed by atoms with Gasteiger partial charge < -0.3 is 20.4 Å². The number of aryl methyl sites for hydroxylation is 1. The predicted molar refractivity (Wildman–Crippen MR) is 137 cm³/mol. The van der Waals surface area contributed by atoms with Crippen LogP contribution in [-0.4, -0.2) is 55.6 Å². The molecule has 1 aromatic heterocycles. The van der Waals surface area contributed by atoms with Gasteiger partial charge in [-0.25, -0.2) is 14.4 Å². The number of nitrogens with one attached hydrogen (secondary N) is 2. The van der Waals surface area contributed by atoms with Gasteiger partial charge in [0.2, 0.25) is 0 Å². The van der Waals surface area contributed by atoms with Crippen molar-refractivity contribution in [2.45, 2.75) is 33.4 Å². The van der Waals surface area contributed by atoms with Gasteiger partial charge in [0.15, 0.2) is 5.96 Å². The van der Waals surface area contributed by atoms with Crippen molar-refractivity contribution in [3.63, 3.8) is 0 Å². The highest BCUT2D eigenvalue weighted by Gasteiger charge is 2.15. The van der Waals surface area contributed by atoms with Crippen LogP contribution in [-0.2, 0) is 6.54 Å². The van der Waals surface area contributed by atoms with Crippen LogP contribution in [0.5, 0.6) is 0 Å². The summed E-state index contributed by atoms with van der Waals surface area (Å²) in [5.41, 5.74) is 2.60. The standard InChI is InChI=1S/C23H33FN6.HI/c1-5-25-23(28-18(3)20-8-6-17(2)21(24)14-20)27-16-19-7-9-22(26-15-19)30-12-10-29(4)11-13-30;/h6-9,14-15,18H,5,10-13,16H2,1-4H3,(H2,25,27,28);1H. The van der Waals surface area contributed by atoms with Gasteiger partial charge in [-0.15, -0.1) is 24.0 Å². The Kier molecular flexibility index (Phi) is 9.95. The molecule has 8 heteroatoms. The van der Waals surface area contributed by atoms with Gasteiger partial charge in [-0.3, -0.25) is 0 Å². The molecular weight excluding hydrogens is 506 g/mol. The van der Waals surface area contributed by atoms with Gasteiger partial charge >= 0.3 is 0 Å². The molecule has 0 saturated carbocycles. The molecule has 1 aliphatic heterocycles. The molecule has 0 spiro atoms. The summed E-state index contributed by atoms with van der Waals surface area (Å²) in [5, 5.41) is 6.62. The monoisotopic (exact) mass is 540 g/mol. The maximum absolute atomic E-state index is 13.9. The Labute approximate surface area is 202 Å². The van der Waals surface area contributed by atoms with E-state index in [4.69, 9.17) is 0 Å². The molecule has 1 saturated heterocycles. The minimum Gasteiger partial charge on any atom is -0.357 e. The number of nitrogens with zero attached hydrogens (tertiary/aromatic N) is 4. The summed E-state index contributed by atoms with van der Waals surface area (Å²) in [4.78, 5) is 14.0. The molecule has 1 aromatic carbocycles. The van der Waals surface area contributed by atoms with E-state index in [-0.39, 0.29) is 35.8 Å². The second-order valence-corrected chi connectivity index (χ2v) is 7.88. The lowest BCUT2D eigenvalue weighted by Crippen LogP contribution is -2.44. The van der Waals surface area contributed by atoms with E-state index in [9.17, 15) is 4.39 Å². The molecule has 1 fully saturated rings. The van der Waals surface area contributed by atoms with E-state index in [2.05, 4.69) is 49.6 Å². The van der Waals surface area contributed by atoms with Crippen LogP contribution in [0.15, 0.2) is 41.5 Å². The summed E-state index contributed by atoms with van der Waals surface area (Å²) < 4.78 is 13.9. The highest BCUT2D eigenvalue weighted by molar-refractivity contribution is 14.0. The minimum absolute atomic E-state index is 0. The van der Waals surface area contributed by atoms with E-state index in [1.54, 1.807) is 19.1 Å². The van der Waals surface area contributed by atoms with Gasteiger partial charge in [-0.1, -0.05) is 18.2 Å². The third-order valence-corrected chi connectivity index (χ3v) is 5.45. The van der Waals surface area contributed by atoms with Crippen LogP contribution in [0.3, 0.4) is 0 Å². The Bertz CT molecular complexity index is 850. The smallest absolute Gasteiger partial charge is 0.192 e. The maximum Gasteiger partial charge on any atom is 0.192 e. The fraction of sp³-hybridized carbons (Fsp3) is 0.478. The Hall–Kier alpha value is -1.94. The lowest BCUT2D eigenvalue weighted by molar-refractivity contribution is 0.312. The lowest BCUT2D eigenvalue weighted by atomic mass is 10.1. The summed E-state index contributed by atoms with van der Waals surface area (Å²) >= 11 is 0. The largest absolute Gasteiger partial charge is 0.357 e. The molecule has 170 valence electrons. The van der Waals surface area contributed by atoms with Crippen molar-refractivity contribution in [3.05, 3.63) is 59.0 Å². The number of likely N-dealkylation sites (N-methyl/N-ethyl adjacent to an activating group) is 1. The minimum atomic E-state index is -0.186. The molecule has 2 heterocycles. The Balaban J connectivity index is 0.00000341. The average molecular weight is 540 g/mol. The zero-order valence-electron chi connectivity index (χ0n) is 18.9. The van der Waals surface area contributed by atoms with Gasteiger partial charge in [0.25, 0.3) is 0 Å². The molecule has 31 heavy (non-hydrogen) atoms. The van der Waals surface area contributed by atoms with Crippen molar-refractivity contribution in [2.24, 2.45) is 4.99 Å². The van der Waals surface area contributed by atoms with E-state index >= 15 is 0 Å². The SMILES string of the molecule is CCNC(=NCc1ccc(N2CCN(C)CC2)nc1)NC(C)c1ccc(C)c(F)c1.I. The van der Waals surface area contributed by atoms with Crippen LogP contribution in [0, 0.1) is 12.7 Å². The van der Waals surface area contributed by atoms with Crippen molar-refractivity contribution in [3.8, 4) is 0 Å². The van der Waals surface area contributed by atoms with Gasteiger partial charge in [-0.2, -0.15) is 0 Å². The molecule has 3 rings (SSSR count). The van der Waals surface area contributed by atoms with Crippen molar-refractivity contribution in [1.82, 2.24) is 20.5 Å². The van der Waals surface area contributed by atoms with Gasteiger partial charge in [0, 0.05) is 38.9 Å². The van der Waals surface area contributed by atoms with Crippen LogP contribution in [0.2, 0.25) is 0 Å². The molecule has 0 amide bonds. The summed E-state index contributed by atoms with van der Waals surface area (Å²) in [5.74, 6) is 1.54. The van der Waals surface area contributed by atoms with Gasteiger partial charge in [0.05, 0.1) is 12.6 Å². The third-order valence-electron chi connectivity index (χ3n) is 5.45. The number of aliphatic imine (C=N–C) groups is 1. The van der Waals surface area contributed by atoms with E-state index in [0.717, 1.165) is 49.7 Å². The number of hydrogen-bond acceptors (Lipinski definition) is 4. The number of aromatic nitrogens is 1. The van der Waals surface area contributed by atoms with Crippen LogP contribution >= 0.6 is 24.0 Å². The Morgan fingerprint density at radius 2 is 1.94 bits per heavy atom. The molecular formula is C23H34FIN6. The van der Waals surface area contributed by atoms with Crippen molar-refractivity contribution < 1.29 is 4.39 Å². The molecule has 1 aliphatic rings. The molecule has 2 aromatic rings. The number of piperazine rings is 1. The number of hydrogen-bond donors (Lipinski definition) is 2. The van der Waals surface area contributed by atoms with E-state index < -0.39 is 0 Å². The zero-order chi connectivity index (χ0) is 21.5. The first-order valence-electron chi connectivity index (χ1n) is 10.7. The number of guanidine groups is 1. The van der Waals surface area contributed by atoms with Crippen LogP contribution in [0.25, 0.3) is 0 Å². The van der Waals surface area contributed by atoms with E-state index in [1.807, 2.05) is 26.1 Å². The van der Waals surface area contributed by atoms with E-state index in [0.29, 0.717) is 18.1 Å². The van der Waals surface area contributed by atoms with Crippen molar-refractivity contribution in [1.29, 1.82) is 0 Å². The van der Waals surface area contributed by atoms with Gasteiger partial charge in [0.1, 0.15) is 11.6 Å². The van der Waals surface area contributed by atoms with Crippen molar-refractivity contribution in [2.75, 3.05) is 44.7 Å². The Morgan fingerprint density at radius 1 is 1.19 bits per heavy atom. The molecule has 0 radical (unpaired) electrons. The van der Waals surface area contributed by atoms with E-state index in [1.165, 1.54) is 0 Å². The number of halogens is 2. The second-order valence-electron chi connectivity index (χ2n) is 7.88. The normalized spacial score (nSPS) is 15.9. The summed E-state index contributed by atoms with van der Waals surface area (Å²) in [6.45, 7) is 11.2. The molecule has 1 atom stereocenters. The lowest BCUT2D eigenvalue weighted by Gasteiger charge is -2.33. The first kappa shape index (κ1) is 25.3. The van der Waals surface area contributed by atoms with Crippen LogP contribution < -0.4 is 15.5 Å². The predicted octanol–water partition coefficient (Wildman–Crippen LogP) is 3.72. The second kappa shape index (κ2) is 12.2. The Morgan fingerprint density at radius 3 is 2.55 bits per heavy atom. The average Bonchev–Trinajstić information content (AvgIpc) is 2.75. The van der Waals surface area contributed by atoms with Gasteiger partial charge in [-0.05, 0) is 56.6 Å². The fourth-order valence-corrected chi connectivity index (χ4v) is 3.39. The highest BCUT2D eigenvalue weighted by atomic mass is 127. The van der Waals surface area contributed by atoms with Crippen LogP contribution in [0.4, 0.5) is 10.2 Å². The summed E-state index contributed by atoms with van der Waals surface area (Å²) in [6.07, 6.45) is 1.90.